The highest BCUT2D eigenvalue weighted by Gasteiger charge is 2.35. The van der Waals surface area contributed by atoms with Crippen LogP contribution in [0.1, 0.15) is 24.3 Å². The molecule has 1 saturated heterocycles. The molecule has 2 aromatic carbocycles. The van der Waals surface area contributed by atoms with Crippen molar-refractivity contribution in [2.24, 2.45) is 0 Å². The molecule has 1 atom stereocenters. The largest absolute Gasteiger partial charge is 0.493 e. The van der Waals surface area contributed by atoms with Crippen LogP contribution in [0.4, 0.5) is 5.69 Å². The van der Waals surface area contributed by atoms with Gasteiger partial charge in [0, 0.05) is 20.7 Å². The van der Waals surface area contributed by atoms with Crippen molar-refractivity contribution in [2.75, 3.05) is 17.3 Å². The smallest absolute Gasteiger partial charge is 0.238 e. The molecular weight excluding hydrogens is 410 g/mol. The van der Waals surface area contributed by atoms with Gasteiger partial charge in [0.25, 0.3) is 0 Å². The summed E-state index contributed by atoms with van der Waals surface area (Å²) >= 11 is 11.1. The van der Waals surface area contributed by atoms with Crippen LogP contribution in [0, 0.1) is 0 Å². The number of ether oxygens (including phenoxy) is 1. The summed E-state index contributed by atoms with van der Waals surface area (Å²) in [6.07, 6.45) is 0.938. The van der Waals surface area contributed by atoms with Crippen LogP contribution < -0.4 is 9.64 Å². The van der Waals surface area contributed by atoms with Crippen molar-refractivity contribution in [2.45, 2.75) is 18.7 Å². The number of rotatable bonds is 5. The molecule has 0 unspecified atom stereocenters. The maximum atomic E-state index is 12.5. The number of halogens is 2. The van der Waals surface area contributed by atoms with Gasteiger partial charge in [0.15, 0.2) is 0 Å². The van der Waals surface area contributed by atoms with Crippen molar-refractivity contribution in [1.29, 1.82) is 0 Å². The van der Waals surface area contributed by atoms with Crippen molar-refractivity contribution >= 4 is 50.9 Å². The van der Waals surface area contributed by atoms with Crippen molar-refractivity contribution in [1.82, 2.24) is 0 Å². The first-order valence-corrected chi connectivity index (χ1v) is 9.93. The topological polar surface area (TPSA) is 29.5 Å². The Morgan fingerprint density at radius 2 is 2.04 bits per heavy atom. The molecule has 0 saturated carbocycles. The van der Waals surface area contributed by atoms with E-state index in [1.807, 2.05) is 35.2 Å². The van der Waals surface area contributed by atoms with Crippen LogP contribution in [0.25, 0.3) is 0 Å². The summed E-state index contributed by atoms with van der Waals surface area (Å²) in [5.74, 6) is 1.37. The molecule has 6 heteroatoms. The monoisotopic (exact) mass is 425 g/mol. The number of carbonyl (C=O) groups is 1. The van der Waals surface area contributed by atoms with Gasteiger partial charge in [0.1, 0.15) is 11.1 Å². The number of nitrogens with zero attached hydrogens (tertiary/aromatic N) is 1. The van der Waals surface area contributed by atoms with Gasteiger partial charge in [-0.1, -0.05) is 34.5 Å². The van der Waals surface area contributed by atoms with Gasteiger partial charge in [-0.25, -0.2) is 0 Å². The SMILES string of the molecule is CCCOc1ccc(Br)cc1[C@H]1SCC(=O)N1c1ccc(Cl)cc1. The van der Waals surface area contributed by atoms with Gasteiger partial charge in [-0.05, 0) is 48.9 Å². The van der Waals surface area contributed by atoms with Crippen molar-refractivity contribution in [3.63, 3.8) is 0 Å². The van der Waals surface area contributed by atoms with Gasteiger partial charge in [-0.2, -0.15) is 0 Å². The zero-order valence-corrected chi connectivity index (χ0v) is 16.3. The average Bonchev–Trinajstić information content (AvgIpc) is 2.96. The number of anilines is 1. The van der Waals surface area contributed by atoms with Crippen LogP contribution in [0.5, 0.6) is 5.75 Å². The molecule has 3 nitrogen and oxygen atoms in total. The molecule has 1 aliphatic rings. The van der Waals surface area contributed by atoms with Crippen LogP contribution in [-0.2, 0) is 4.79 Å². The Balaban J connectivity index is 1.99. The van der Waals surface area contributed by atoms with Crippen molar-refractivity contribution in [3.8, 4) is 5.75 Å². The van der Waals surface area contributed by atoms with Gasteiger partial charge in [0.05, 0.1) is 12.4 Å². The van der Waals surface area contributed by atoms with E-state index in [-0.39, 0.29) is 11.3 Å². The first kappa shape index (κ1) is 17.6. The highest BCUT2D eigenvalue weighted by molar-refractivity contribution is 9.10. The van der Waals surface area contributed by atoms with E-state index in [1.54, 1.807) is 23.9 Å². The van der Waals surface area contributed by atoms with E-state index in [2.05, 4.69) is 22.9 Å². The van der Waals surface area contributed by atoms with E-state index >= 15 is 0 Å². The molecule has 3 rings (SSSR count). The first-order valence-electron chi connectivity index (χ1n) is 7.71. The number of carbonyl (C=O) groups excluding carboxylic acids is 1. The van der Waals surface area contributed by atoms with E-state index in [4.69, 9.17) is 16.3 Å². The quantitative estimate of drug-likeness (QED) is 0.617. The molecule has 1 fully saturated rings. The lowest BCUT2D eigenvalue weighted by Crippen LogP contribution is -2.28. The lowest BCUT2D eigenvalue weighted by Gasteiger charge is -2.26. The van der Waals surface area contributed by atoms with Crippen LogP contribution >= 0.6 is 39.3 Å². The highest BCUT2D eigenvalue weighted by atomic mass is 79.9. The summed E-state index contributed by atoms with van der Waals surface area (Å²) in [5, 5.41) is 0.548. The number of amides is 1. The van der Waals surface area contributed by atoms with Crippen LogP contribution in [0.2, 0.25) is 5.02 Å². The predicted octanol–water partition coefficient (Wildman–Crippen LogP) is 5.67. The highest BCUT2D eigenvalue weighted by Crippen LogP contribution is 2.45. The Kier molecular flexibility index (Phi) is 5.74. The molecular formula is C18H17BrClNO2S. The molecule has 0 aromatic heterocycles. The standard InChI is InChI=1S/C18H17BrClNO2S/c1-2-9-23-16-8-3-12(19)10-15(16)18-21(17(22)11-24-18)14-6-4-13(20)5-7-14/h3-8,10,18H,2,9,11H2,1H3/t18-/m1/s1. The zero-order chi connectivity index (χ0) is 17.1. The summed E-state index contributed by atoms with van der Waals surface area (Å²) in [5.41, 5.74) is 1.85. The van der Waals surface area contributed by atoms with Crippen LogP contribution in [-0.4, -0.2) is 18.3 Å². The molecule has 0 bridgehead atoms. The third-order valence-corrected chi connectivity index (χ3v) is 5.61. The Bertz CT molecular complexity index is 738. The Morgan fingerprint density at radius 1 is 1.29 bits per heavy atom. The van der Waals surface area contributed by atoms with E-state index in [0.29, 0.717) is 17.4 Å². The maximum absolute atomic E-state index is 12.5. The zero-order valence-electron chi connectivity index (χ0n) is 13.2. The fourth-order valence-corrected chi connectivity index (χ4v) is 4.29. The lowest BCUT2D eigenvalue weighted by molar-refractivity contribution is -0.115. The summed E-state index contributed by atoms with van der Waals surface area (Å²) in [6, 6.07) is 13.3. The molecule has 1 aliphatic heterocycles. The second-order valence-corrected chi connectivity index (χ2v) is 7.85. The molecule has 1 heterocycles. The molecule has 0 aliphatic carbocycles. The Morgan fingerprint density at radius 3 is 2.75 bits per heavy atom. The molecule has 2 aromatic rings. The normalized spacial score (nSPS) is 17.4. The molecule has 0 spiro atoms. The third-order valence-electron chi connectivity index (χ3n) is 3.67. The van der Waals surface area contributed by atoms with E-state index in [9.17, 15) is 4.79 Å². The van der Waals surface area contributed by atoms with E-state index in [0.717, 1.165) is 27.9 Å². The summed E-state index contributed by atoms with van der Waals surface area (Å²) in [4.78, 5) is 14.3. The second kappa shape index (κ2) is 7.81. The van der Waals surface area contributed by atoms with E-state index in [1.165, 1.54) is 0 Å². The van der Waals surface area contributed by atoms with Crippen LogP contribution in [0.3, 0.4) is 0 Å². The number of hydrogen-bond donors (Lipinski definition) is 0. The lowest BCUT2D eigenvalue weighted by atomic mass is 10.1. The maximum Gasteiger partial charge on any atom is 0.238 e. The Labute approximate surface area is 159 Å². The van der Waals surface area contributed by atoms with Crippen molar-refractivity contribution in [3.05, 3.63) is 57.5 Å². The number of benzene rings is 2. The minimum atomic E-state index is -0.108. The second-order valence-electron chi connectivity index (χ2n) is 5.43. The van der Waals surface area contributed by atoms with Gasteiger partial charge >= 0.3 is 0 Å². The molecule has 0 N–H and O–H groups in total. The summed E-state index contributed by atoms with van der Waals surface area (Å²) in [7, 11) is 0. The molecule has 0 radical (unpaired) electrons. The number of thioether (sulfide) groups is 1. The van der Waals surface area contributed by atoms with Gasteiger partial charge < -0.3 is 4.74 Å². The fraction of sp³-hybridized carbons (Fsp3) is 0.278. The molecule has 24 heavy (non-hydrogen) atoms. The van der Waals surface area contributed by atoms with Gasteiger partial charge in [0.2, 0.25) is 5.91 Å². The Hall–Kier alpha value is -1.17. The fourth-order valence-electron chi connectivity index (χ4n) is 2.59. The first-order chi connectivity index (χ1) is 11.6. The van der Waals surface area contributed by atoms with E-state index < -0.39 is 0 Å². The minimum Gasteiger partial charge on any atom is -0.493 e. The van der Waals surface area contributed by atoms with Crippen molar-refractivity contribution < 1.29 is 9.53 Å². The molecule has 1 amide bonds. The third kappa shape index (κ3) is 3.73. The van der Waals surface area contributed by atoms with Gasteiger partial charge in [-0.15, -0.1) is 11.8 Å². The summed E-state index contributed by atoms with van der Waals surface area (Å²) < 4.78 is 6.87. The molecule has 126 valence electrons. The van der Waals surface area contributed by atoms with Crippen LogP contribution in [0.15, 0.2) is 46.9 Å². The summed E-state index contributed by atoms with van der Waals surface area (Å²) in [6.45, 7) is 2.73. The van der Waals surface area contributed by atoms with Gasteiger partial charge in [-0.3, -0.25) is 9.69 Å². The minimum absolute atomic E-state index is 0.0914. The number of hydrogen-bond acceptors (Lipinski definition) is 3. The predicted molar refractivity (Wildman–Crippen MR) is 104 cm³/mol. The average molecular weight is 427 g/mol.